The molecule has 1 aromatic heterocycles. The lowest BCUT2D eigenvalue weighted by Crippen LogP contribution is -2.19. The van der Waals surface area contributed by atoms with Crippen LogP contribution in [-0.2, 0) is 6.42 Å². The second-order valence-electron chi connectivity index (χ2n) is 7.30. The Kier molecular flexibility index (Phi) is 7.85. The maximum atomic E-state index is 6.22. The molecule has 0 bridgehead atoms. The van der Waals surface area contributed by atoms with Gasteiger partial charge >= 0.3 is 0 Å². The van der Waals surface area contributed by atoms with Gasteiger partial charge in [0, 0.05) is 30.3 Å². The quantitative estimate of drug-likeness (QED) is 0.666. The van der Waals surface area contributed by atoms with Crippen molar-refractivity contribution in [1.82, 2.24) is 14.9 Å². The van der Waals surface area contributed by atoms with Crippen LogP contribution >= 0.6 is 0 Å². The molecule has 6 heteroatoms. The first-order valence-corrected chi connectivity index (χ1v) is 9.65. The molecule has 2 aromatic rings. The zero-order valence-electron chi connectivity index (χ0n) is 17.2. The van der Waals surface area contributed by atoms with Crippen LogP contribution in [0.1, 0.15) is 43.5 Å². The van der Waals surface area contributed by atoms with Gasteiger partial charge in [-0.2, -0.15) is 4.98 Å². The number of aromatic nitrogens is 2. The molecular formula is C21H33N5O. The number of anilines is 2. The van der Waals surface area contributed by atoms with E-state index < -0.39 is 0 Å². The molecule has 0 aliphatic rings. The van der Waals surface area contributed by atoms with Crippen LogP contribution in [0.15, 0.2) is 24.3 Å². The van der Waals surface area contributed by atoms with Crippen molar-refractivity contribution in [3.05, 3.63) is 41.1 Å². The molecule has 0 fully saturated rings. The SMILES string of the molecule is CCCC(C)Nc1nc(C)c(Cc2ccc(OCCN(C)C)cc2)c(N)n1. The van der Waals surface area contributed by atoms with E-state index in [1.54, 1.807) is 0 Å². The van der Waals surface area contributed by atoms with Crippen LogP contribution in [0.4, 0.5) is 11.8 Å². The molecule has 1 heterocycles. The predicted molar refractivity (Wildman–Crippen MR) is 112 cm³/mol. The van der Waals surface area contributed by atoms with Gasteiger partial charge in [-0.1, -0.05) is 25.5 Å². The normalized spacial score (nSPS) is 12.2. The van der Waals surface area contributed by atoms with E-state index in [9.17, 15) is 0 Å². The Morgan fingerprint density at radius 3 is 2.48 bits per heavy atom. The van der Waals surface area contributed by atoms with Crippen molar-refractivity contribution < 1.29 is 4.74 Å². The average molecular weight is 372 g/mol. The van der Waals surface area contributed by atoms with Crippen molar-refractivity contribution in [3.8, 4) is 5.75 Å². The molecule has 27 heavy (non-hydrogen) atoms. The summed E-state index contributed by atoms with van der Waals surface area (Å²) in [5.74, 6) is 2.03. The van der Waals surface area contributed by atoms with Gasteiger partial charge in [0.25, 0.3) is 0 Å². The molecule has 0 saturated carbocycles. The van der Waals surface area contributed by atoms with E-state index in [1.165, 1.54) is 0 Å². The van der Waals surface area contributed by atoms with Gasteiger partial charge in [0.2, 0.25) is 5.95 Å². The first kappa shape index (κ1) is 21.0. The minimum Gasteiger partial charge on any atom is -0.492 e. The number of likely N-dealkylation sites (N-methyl/N-ethyl adjacent to an activating group) is 1. The molecule has 0 amide bonds. The van der Waals surface area contributed by atoms with Gasteiger partial charge in [-0.3, -0.25) is 0 Å². The third-order valence-corrected chi connectivity index (χ3v) is 4.45. The van der Waals surface area contributed by atoms with Crippen molar-refractivity contribution in [2.75, 3.05) is 38.3 Å². The van der Waals surface area contributed by atoms with E-state index in [2.05, 4.69) is 46.2 Å². The highest BCUT2D eigenvalue weighted by Gasteiger charge is 2.12. The van der Waals surface area contributed by atoms with E-state index in [0.29, 0.717) is 30.8 Å². The zero-order chi connectivity index (χ0) is 19.8. The number of benzene rings is 1. The fourth-order valence-electron chi connectivity index (χ4n) is 2.88. The number of nitrogens with zero attached hydrogens (tertiary/aromatic N) is 3. The Hall–Kier alpha value is -2.34. The van der Waals surface area contributed by atoms with Gasteiger partial charge in [0.15, 0.2) is 0 Å². The molecule has 0 saturated heterocycles. The number of ether oxygens (including phenoxy) is 1. The lowest BCUT2D eigenvalue weighted by atomic mass is 10.0. The molecule has 1 unspecified atom stereocenters. The summed E-state index contributed by atoms with van der Waals surface area (Å²) in [4.78, 5) is 11.1. The molecule has 1 atom stereocenters. The van der Waals surface area contributed by atoms with Crippen LogP contribution in [-0.4, -0.2) is 48.2 Å². The second-order valence-corrected chi connectivity index (χ2v) is 7.30. The van der Waals surface area contributed by atoms with Gasteiger partial charge in [0.05, 0.1) is 0 Å². The van der Waals surface area contributed by atoms with Gasteiger partial charge in [-0.15, -0.1) is 0 Å². The Labute approximate surface area is 163 Å². The summed E-state index contributed by atoms with van der Waals surface area (Å²) in [5.41, 5.74) is 9.28. The number of rotatable bonds is 10. The molecule has 3 N–H and O–H groups in total. The van der Waals surface area contributed by atoms with Crippen LogP contribution in [0.2, 0.25) is 0 Å². The van der Waals surface area contributed by atoms with Crippen molar-refractivity contribution >= 4 is 11.8 Å². The van der Waals surface area contributed by atoms with Gasteiger partial charge in [-0.05, 0) is 52.1 Å². The first-order chi connectivity index (χ1) is 12.9. The summed E-state index contributed by atoms with van der Waals surface area (Å²) < 4.78 is 5.74. The van der Waals surface area contributed by atoms with Crippen molar-refractivity contribution in [1.29, 1.82) is 0 Å². The summed E-state index contributed by atoms with van der Waals surface area (Å²) in [6, 6.07) is 8.47. The molecule has 0 aliphatic carbocycles. The Morgan fingerprint density at radius 2 is 1.89 bits per heavy atom. The largest absolute Gasteiger partial charge is 0.492 e. The lowest BCUT2D eigenvalue weighted by molar-refractivity contribution is 0.261. The minimum atomic E-state index is 0.333. The maximum Gasteiger partial charge on any atom is 0.225 e. The summed E-state index contributed by atoms with van der Waals surface area (Å²) in [6.07, 6.45) is 2.91. The first-order valence-electron chi connectivity index (χ1n) is 9.65. The van der Waals surface area contributed by atoms with Crippen LogP contribution in [0.5, 0.6) is 5.75 Å². The van der Waals surface area contributed by atoms with Crippen LogP contribution < -0.4 is 15.8 Å². The van der Waals surface area contributed by atoms with Crippen molar-refractivity contribution in [3.63, 3.8) is 0 Å². The number of nitrogens with one attached hydrogen (secondary N) is 1. The number of nitrogen functional groups attached to an aromatic ring is 1. The van der Waals surface area contributed by atoms with Crippen LogP contribution in [0.25, 0.3) is 0 Å². The van der Waals surface area contributed by atoms with E-state index >= 15 is 0 Å². The number of hydrogen-bond donors (Lipinski definition) is 2. The zero-order valence-corrected chi connectivity index (χ0v) is 17.2. The molecule has 2 rings (SSSR count). The van der Waals surface area contributed by atoms with E-state index in [4.69, 9.17) is 10.5 Å². The smallest absolute Gasteiger partial charge is 0.225 e. The molecule has 1 aromatic carbocycles. The standard InChI is InChI=1S/C21H33N5O/c1-6-7-15(2)23-21-24-16(3)19(20(22)25-21)14-17-8-10-18(11-9-17)27-13-12-26(4)5/h8-11,15H,6-7,12-14H2,1-5H3,(H3,22,23,24,25). The Morgan fingerprint density at radius 1 is 1.19 bits per heavy atom. The summed E-state index contributed by atoms with van der Waals surface area (Å²) in [6.45, 7) is 7.86. The highest BCUT2D eigenvalue weighted by molar-refractivity contribution is 5.49. The third kappa shape index (κ3) is 6.71. The predicted octanol–water partition coefficient (Wildman–Crippen LogP) is 3.50. The molecule has 148 valence electrons. The summed E-state index contributed by atoms with van der Waals surface area (Å²) >= 11 is 0. The fourth-order valence-corrected chi connectivity index (χ4v) is 2.88. The number of nitrogens with two attached hydrogens (primary N) is 1. The number of aryl methyl sites for hydroxylation is 1. The molecule has 0 spiro atoms. The van der Waals surface area contributed by atoms with Crippen LogP contribution in [0, 0.1) is 6.92 Å². The summed E-state index contributed by atoms with van der Waals surface area (Å²) in [7, 11) is 4.07. The highest BCUT2D eigenvalue weighted by Crippen LogP contribution is 2.21. The third-order valence-electron chi connectivity index (χ3n) is 4.45. The minimum absolute atomic E-state index is 0.333. The van der Waals surface area contributed by atoms with E-state index in [-0.39, 0.29) is 0 Å². The average Bonchev–Trinajstić information content (AvgIpc) is 2.59. The molecular weight excluding hydrogens is 338 g/mol. The van der Waals surface area contributed by atoms with Crippen LogP contribution in [0.3, 0.4) is 0 Å². The Bertz CT molecular complexity index is 692. The van der Waals surface area contributed by atoms with Crippen molar-refractivity contribution in [2.24, 2.45) is 0 Å². The molecule has 0 radical (unpaired) electrons. The molecule has 0 aliphatic heterocycles. The fraction of sp³-hybridized carbons (Fsp3) is 0.524. The van der Waals surface area contributed by atoms with Gasteiger partial charge in [0.1, 0.15) is 18.2 Å². The highest BCUT2D eigenvalue weighted by atomic mass is 16.5. The van der Waals surface area contributed by atoms with E-state index in [0.717, 1.165) is 42.0 Å². The topological polar surface area (TPSA) is 76.3 Å². The van der Waals surface area contributed by atoms with Gasteiger partial charge in [-0.25, -0.2) is 4.98 Å². The molecule has 6 nitrogen and oxygen atoms in total. The van der Waals surface area contributed by atoms with Crippen molar-refractivity contribution in [2.45, 2.75) is 46.1 Å². The number of hydrogen-bond acceptors (Lipinski definition) is 6. The van der Waals surface area contributed by atoms with Gasteiger partial charge < -0.3 is 20.7 Å². The van der Waals surface area contributed by atoms with E-state index in [1.807, 2.05) is 33.2 Å². The lowest BCUT2D eigenvalue weighted by Gasteiger charge is -2.16. The summed E-state index contributed by atoms with van der Waals surface area (Å²) in [5, 5.41) is 3.33. The Balaban J connectivity index is 2.02. The second kappa shape index (κ2) is 10.1. The maximum absolute atomic E-state index is 6.22. The monoisotopic (exact) mass is 371 g/mol.